The largest absolute Gasteiger partial charge is 0.375 e. The summed E-state index contributed by atoms with van der Waals surface area (Å²) in [4.78, 5) is 19.2. The van der Waals surface area contributed by atoms with Crippen LogP contribution in [-0.2, 0) is 6.42 Å². The molecular formula is C12H15N3OS2. The second-order valence-corrected chi connectivity index (χ2v) is 6.04. The third-order valence-electron chi connectivity index (χ3n) is 2.80. The summed E-state index contributed by atoms with van der Waals surface area (Å²) in [6, 6.07) is 4.25. The highest BCUT2D eigenvalue weighted by atomic mass is 32.1. The number of aromatic nitrogens is 1. The summed E-state index contributed by atoms with van der Waals surface area (Å²) in [5.74, 6) is -0.0768. The Morgan fingerprint density at radius 1 is 1.56 bits per heavy atom. The van der Waals surface area contributed by atoms with Gasteiger partial charge in [-0.2, -0.15) is 0 Å². The number of nitrogens with two attached hydrogens (primary N) is 1. The zero-order chi connectivity index (χ0) is 13.1. The zero-order valence-corrected chi connectivity index (χ0v) is 11.9. The Kier molecular flexibility index (Phi) is 3.98. The van der Waals surface area contributed by atoms with Crippen LogP contribution < -0.4 is 5.73 Å². The van der Waals surface area contributed by atoms with E-state index in [2.05, 4.69) is 11.1 Å². The molecule has 2 N–H and O–H groups in total. The molecule has 0 radical (unpaired) electrons. The van der Waals surface area contributed by atoms with Crippen LogP contribution in [0.2, 0.25) is 0 Å². The highest BCUT2D eigenvalue weighted by Gasteiger charge is 2.20. The first kappa shape index (κ1) is 13.0. The van der Waals surface area contributed by atoms with Gasteiger partial charge in [0.25, 0.3) is 5.91 Å². The van der Waals surface area contributed by atoms with E-state index in [0.717, 1.165) is 6.42 Å². The van der Waals surface area contributed by atoms with E-state index in [9.17, 15) is 4.79 Å². The minimum Gasteiger partial charge on any atom is -0.375 e. The second kappa shape index (κ2) is 5.49. The predicted octanol–water partition coefficient (Wildman–Crippen LogP) is 2.49. The van der Waals surface area contributed by atoms with Gasteiger partial charge < -0.3 is 10.6 Å². The molecule has 2 rings (SSSR count). The van der Waals surface area contributed by atoms with E-state index in [1.807, 2.05) is 18.4 Å². The molecule has 0 fully saturated rings. The maximum Gasteiger partial charge on any atom is 0.273 e. The molecule has 0 bridgehead atoms. The molecule has 1 unspecified atom stereocenters. The highest BCUT2D eigenvalue weighted by Crippen LogP contribution is 2.17. The lowest BCUT2D eigenvalue weighted by Crippen LogP contribution is -2.36. The summed E-state index contributed by atoms with van der Waals surface area (Å²) >= 11 is 3.00. The molecule has 6 heteroatoms. The van der Waals surface area contributed by atoms with Crippen molar-refractivity contribution in [2.75, 3.05) is 12.8 Å². The molecule has 0 spiro atoms. The first-order chi connectivity index (χ1) is 8.58. The Bertz CT molecular complexity index is 521. The molecule has 2 aromatic rings. The summed E-state index contributed by atoms with van der Waals surface area (Å²) < 4.78 is 0. The van der Waals surface area contributed by atoms with E-state index in [1.165, 1.54) is 16.2 Å². The first-order valence-corrected chi connectivity index (χ1v) is 7.34. The van der Waals surface area contributed by atoms with Gasteiger partial charge in [0.1, 0.15) is 5.69 Å². The molecule has 0 aliphatic heterocycles. The van der Waals surface area contributed by atoms with Crippen LogP contribution in [0.5, 0.6) is 0 Å². The molecule has 0 saturated carbocycles. The summed E-state index contributed by atoms with van der Waals surface area (Å²) in [6.45, 7) is 2.04. The quantitative estimate of drug-likeness (QED) is 0.936. The number of nitrogens with zero attached hydrogens (tertiary/aromatic N) is 2. The summed E-state index contributed by atoms with van der Waals surface area (Å²) in [7, 11) is 1.80. The van der Waals surface area contributed by atoms with Gasteiger partial charge in [-0.05, 0) is 18.4 Å². The molecule has 18 heavy (non-hydrogen) atoms. The van der Waals surface area contributed by atoms with Crippen molar-refractivity contribution < 1.29 is 4.79 Å². The van der Waals surface area contributed by atoms with E-state index in [4.69, 9.17) is 5.73 Å². The smallest absolute Gasteiger partial charge is 0.273 e. The number of likely N-dealkylation sites (N-methyl/N-ethyl adjacent to an activating group) is 1. The Labute approximate surface area is 114 Å². The van der Waals surface area contributed by atoms with Crippen LogP contribution in [0.4, 0.5) is 5.13 Å². The van der Waals surface area contributed by atoms with Crippen molar-refractivity contribution in [1.29, 1.82) is 0 Å². The third kappa shape index (κ3) is 2.88. The number of nitrogen functional groups attached to an aromatic ring is 1. The average molecular weight is 281 g/mol. The van der Waals surface area contributed by atoms with Gasteiger partial charge in [0.2, 0.25) is 0 Å². The van der Waals surface area contributed by atoms with Gasteiger partial charge in [0, 0.05) is 29.8 Å². The fraction of sp³-hybridized carbons (Fsp3) is 0.333. The summed E-state index contributed by atoms with van der Waals surface area (Å²) in [6.07, 6.45) is 0.861. The minimum atomic E-state index is -0.0768. The Balaban J connectivity index is 2.02. The Morgan fingerprint density at radius 3 is 2.89 bits per heavy atom. The van der Waals surface area contributed by atoms with Crippen LogP contribution >= 0.6 is 22.7 Å². The first-order valence-electron chi connectivity index (χ1n) is 5.58. The zero-order valence-electron chi connectivity index (χ0n) is 10.3. The molecule has 0 saturated heterocycles. The number of thiazole rings is 1. The van der Waals surface area contributed by atoms with Crippen molar-refractivity contribution in [3.8, 4) is 0 Å². The number of amides is 1. The lowest BCUT2D eigenvalue weighted by Gasteiger charge is -2.23. The topological polar surface area (TPSA) is 59.2 Å². The van der Waals surface area contributed by atoms with Crippen molar-refractivity contribution in [2.24, 2.45) is 0 Å². The molecule has 1 atom stereocenters. The van der Waals surface area contributed by atoms with Crippen molar-refractivity contribution in [2.45, 2.75) is 19.4 Å². The monoisotopic (exact) mass is 281 g/mol. The number of anilines is 1. The van der Waals surface area contributed by atoms with Gasteiger partial charge >= 0.3 is 0 Å². The van der Waals surface area contributed by atoms with Crippen molar-refractivity contribution in [3.05, 3.63) is 33.5 Å². The van der Waals surface area contributed by atoms with Gasteiger partial charge in [0.15, 0.2) is 5.13 Å². The normalized spacial score (nSPS) is 12.3. The Hall–Kier alpha value is -1.40. The average Bonchev–Trinajstić information content (AvgIpc) is 2.98. The highest BCUT2D eigenvalue weighted by molar-refractivity contribution is 7.13. The number of hydrogen-bond acceptors (Lipinski definition) is 5. The van der Waals surface area contributed by atoms with Crippen LogP contribution in [0, 0.1) is 0 Å². The second-order valence-electron chi connectivity index (χ2n) is 4.12. The number of carbonyl (C=O) groups excluding carboxylic acids is 1. The third-order valence-corrected chi connectivity index (χ3v) is 4.37. The maximum atomic E-state index is 12.1. The van der Waals surface area contributed by atoms with Crippen molar-refractivity contribution >= 4 is 33.7 Å². The standard InChI is InChI=1S/C12H15N3OS2/c1-8(6-9-4-3-5-17-9)15(2)11(16)10-7-18-12(13)14-10/h3-5,7-8H,6H2,1-2H3,(H2,13,14). The van der Waals surface area contributed by atoms with Crippen LogP contribution in [0.1, 0.15) is 22.3 Å². The fourth-order valence-electron chi connectivity index (χ4n) is 1.62. The van der Waals surface area contributed by atoms with E-state index in [-0.39, 0.29) is 11.9 Å². The summed E-state index contributed by atoms with van der Waals surface area (Å²) in [5, 5.41) is 4.18. The predicted molar refractivity (Wildman–Crippen MR) is 76.1 cm³/mol. The Morgan fingerprint density at radius 2 is 2.33 bits per heavy atom. The minimum absolute atomic E-state index is 0.0768. The fourth-order valence-corrected chi connectivity index (χ4v) is 2.99. The van der Waals surface area contributed by atoms with Crippen LogP contribution in [0.3, 0.4) is 0 Å². The van der Waals surface area contributed by atoms with Gasteiger partial charge in [-0.3, -0.25) is 4.79 Å². The summed E-state index contributed by atoms with van der Waals surface area (Å²) in [5.41, 5.74) is 5.97. The van der Waals surface area contributed by atoms with E-state index in [0.29, 0.717) is 10.8 Å². The van der Waals surface area contributed by atoms with Crippen molar-refractivity contribution in [1.82, 2.24) is 9.88 Å². The van der Waals surface area contributed by atoms with E-state index in [1.54, 1.807) is 28.7 Å². The van der Waals surface area contributed by atoms with Gasteiger partial charge in [0.05, 0.1) is 0 Å². The lowest BCUT2D eigenvalue weighted by molar-refractivity contribution is 0.0739. The number of rotatable bonds is 4. The molecule has 2 aromatic heterocycles. The SMILES string of the molecule is CC(Cc1cccs1)N(C)C(=O)c1csc(N)n1. The molecule has 4 nitrogen and oxygen atoms in total. The van der Waals surface area contributed by atoms with Gasteiger partial charge in [-0.15, -0.1) is 22.7 Å². The van der Waals surface area contributed by atoms with Crippen LogP contribution in [-0.4, -0.2) is 28.9 Å². The number of carbonyl (C=O) groups is 1. The van der Waals surface area contributed by atoms with Crippen molar-refractivity contribution in [3.63, 3.8) is 0 Å². The molecule has 1 amide bonds. The lowest BCUT2D eigenvalue weighted by atomic mass is 10.2. The van der Waals surface area contributed by atoms with E-state index < -0.39 is 0 Å². The molecule has 96 valence electrons. The molecule has 2 heterocycles. The van der Waals surface area contributed by atoms with Gasteiger partial charge in [-0.1, -0.05) is 6.07 Å². The van der Waals surface area contributed by atoms with Crippen LogP contribution in [0.25, 0.3) is 0 Å². The number of hydrogen-bond donors (Lipinski definition) is 1. The maximum absolute atomic E-state index is 12.1. The molecule has 0 aliphatic rings. The molecular weight excluding hydrogens is 266 g/mol. The molecule has 0 aromatic carbocycles. The van der Waals surface area contributed by atoms with Gasteiger partial charge in [-0.25, -0.2) is 4.98 Å². The van der Waals surface area contributed by atoms with Crippen LogP contribution in [0.15, 0.2) is 22.9 Å². The van der Waals surface area contributed by atoms with E-state index >= 15 is 0 Å². The molecule has 0 aliphatic carbocycles. The number of thiophene rings is 1.